The number of carbonyl (C=O) groups is 1. The fourth-order valence-electron chi connectivity index (χ4n) is 2.96. The van der Waals surface area contributed by atoms with E-state index in [0.29, 0.717) is 29.4 Å². The van der Waals surface area contributed by atoms with E-state index >= 15 is 0 Å². The molecule has 0 bridgehead atoms. The molecule has 1 N–H and O–H groups in total. The quantitative estimate of drug-likeness (QED) is 0.611. The second-order valence-electron chi connectivity index (χ2n) is 6.87. The summed E-state index contributed by atoms with van der Waals surface area (Å²) in [6.07, 6.45) is 1.71. The Bertz CT molecular complexity index is 920. The van der Waals surface area contributed by atoms with Gasteiger partial charge in [-0.05, 0) is 36.1 Å². The Labute approximate surface area is 177 Å². The van der Waals surface area contributed by atoms with E-state index in [2.05, 4.69) is 5.32 Å². The molecule has 0 radical (unpaired) electrons. The summed E-state index contributed by atoms with van der Waals surface area (Å²) in [5, 5.41) is 3.32. The predicted molar refractivity (Wildman–Crippen MR) is 117 cm³/mol. The van der Waals surface area contributed by atoms with Crippen LogP contribution in [0.15, 0.2) is 48.5 Å². The molecule has 8 heteroatoms. The van der Waals surface area contributed by atoms with E-state index in [-0.39, 0.29) is 24.8 Å². The molecule has 1 atom stereocenters. The summed E-state index contributed by atoms with van der Waals surface area (Å²) < 4.78 is 31.1. The van der Waals surface area contributed by atoms with Crippen molar-refractivity contribution in [2.75, 3.05) is 30.8 Å². The molecule has 0 fully saturated rings. The van der Waals surface area contributed by atoms with Crippen molar-refractivity contribution >= 4 is 33.2 Å². The Hall–Kier alpha value is -2.25. The maximum Gasteiger partial charge on any atom is 0.232 e. The molecule has 0 aliphatic rings. The Morgan fingerprint density at radius 1 is 1.21 bits per heavy atom. The summed E-state index contributed by atoms with van der Waals surface area (Å²) in [7, 11) is -2.10. The molecule has 0 spiro atoms. The van der Waals surface area contributed by atoms with Gasteiger partial charge in [-0.25, -0.2) is 8.42 Å². The average Bonchev–Trinajstić information content (AvgIpc) is 2.69. The minimum absolute atomic E-state index is 0.112. The molecule has 0 saturated carbocycles. The molecule has 0 aliphatic carbocycles. The molecule has 2 aromatic rings. The number of sulfonamides is 1. The van der Waals surface area contributed by atoms with Gasteiger partial charge in [-0.3, -0.25) is 9.10 Å². The van der Waals surface area contributed by atoms with Gasteiger partial charge in [0, 0.05) is 24.5 Å². The second kappa shape index (κ2) is 10.5. The van der Waals surface area contributed by atoms with E-state index in [1.54, 1.807) is 18.2 Å². The van der Waals surface area contributed by atoms with E-state index < -0.39 is 10.0 Å². The number of hydrogen-bond acceptors (Lipinski definition) is 4. The second-order valence-corrected chi connectivity index (χ2v) is 9.21. The van der Waals surface area contributed by atoms with Crippen LogP contribution in [0.25, 0.3) is 0 Å². The molecule has 1 amide bonds. The van der Waals surface area contributed by atoms with Crippen LogP contribution in [0.5, 0.6) is 5.75 Å². The van der Waals surface area contributed by atoms with Gasteiger partial charge in [-0.2, -0.15) is 0 Å². The highest BCUT2D eigenvalue weighted by Crippen LogP contribution is 2.33. The van der Waals surface area contributed by atoms with Crippen LogP contribution < -0.4 is 14.4 Å². The summed E-state index contributed by atoms with van der Waals surface area (Å²) in [4.78, 5) is 12.2. The van der Waals surface area contributed by atoms with Crippen molar-refractivity contribution in [3.63, 3.8) is 0 Å². The van der Waals surface area contributed by atoms with Crippen molar-refractivity contribution in [3.8, 4) is 5.75 Å². The predicted octanol–water partition coefficient (Wildman–Crippen LogP) is 3.81. The van der Waals surface area contributed by atoms with E-state index in [4.69, 9.17) is 16.3 Å². The van der Waals surface area contributed by atoms with Gasteiger partial charge < -0.3 is 10.1 Å². The van der Waals surface area contributed by atoms with E-state index in [1.807, 2.05) is 37.3 Å². The molecule has 158 valence electrons. The zero-order valence-electron chi connectivity index (χ0n) is 16.9. The van der Waals surface area contributed by atoms with Gasteiger partial charge in [-0.1, -0.05) is 48.9 Å². The highest BCUT2D eigenvalue weighted by atomic mass is 35.5. The third-order valence-corrected chi connectivity index (χ3v) is 5.96. The van der Waals surface area contributed by atoms with Gasteiger partial charge in [-0.15, -0.1) is 0 Å². The van der Waals surface area contributed by atoms with Gasteiger partial charge in [0.15, 0.2) is 0 Å². The summed E-state index contributed by atoms with van der Waals surface area (Å²) in [6, 6.07) is 14.7. The normalized spacial score (nSPS) is 12.3. The van der Waals surface area contributed by atoms with E-state index in [1.165, 1.54) is 11.4 Å². The van der Waals surface area contributed by atoms with Crippen LogP contribution in [0.1, 0.15) is 31.2 Å². The topological polar surface area (TPSA) is 75.7 Å². The standard InChI is InChI=1S/C21H27ClN2O4S/c1-16(17-8-5-4-6-9-17)15-23-21(25)10-7-13-24(29(3,26)27)19-14-18(22)11-12-20(19)28-2/h4-6,8-9,11-12,14,16H,7,10,13,15H2,1-3H3,(H,23,25)/t16-/m0/s1. The number of rotatable bonds is 10. The SMILES string of the molecule is COc1ccc(Cl)cc1N(CCCC(=O)NC[C@H](C)c1ccccc1)S(C)(=O)=O. The molecule has 2 rings (SSSR count). The first kappa shape index (κ1) is 23.0. The number of carbonyl (C=O) groups excluding carboxylic acids is 1. The Balaban J connectivity index is 1.94. The van der Waals surface area contributed by atoms with Crippen LogP contribution in [0.2, 0.25) is 5.02 Å². The maximum absolute atomic E-state index is 12.3. The van der Waals surface area contributed by atoms with E-state index in [9.17, 15) is 13.2 Å². The number of ether oxygens (including phenoxy) is 1. The van der Waals surface area contributed by atoms with Gasteiger partial charge in [0.05, 0.1) is 19.1 Å². The minimum atomic E-state index is -3.56. The van der Waals surface area contributed by atoms with Crippen LogP contribution in [0, 0.1) is 0 Å². The number of anilines is 1. The molecule has 2 aromatic carbocycles. The fraction of sp³-hybridized carbons (Fsp3) is 0.381. The lowest BCUT2D eigenvalue weighted by Gasteiger charge is -2.24. The number of nitrogens with one attached hydrogen (secondary N) is 1. The zero-order chi connectivity index (χ0) is 21.4. The van der Waals surface area contributed by atoms with Crippen LogP contribution in [0.3, 0.4) is 0 Å². The molecule has 6 nitrogen and oxygen atoms in total. The number of halogens is 1. The number of benzene rings is 2. The summed E-state index contributed by atoms with van der Waals surface area (Å²) >= 11 is 6.03. The largest absolute Gasteiger partial charge is 0.495 e. The van der Waals surface area contributed by atoms with Crippen molar-refractivity contribution in [1.29, 1.82) is 0 Å². The molecule has 29 heavy (non-hydrogen) atoms. The van der Waals surface area contributed by atoms with Gasteiger partial charge >= 0.3 is 0 Å². The van der Waals surface area contributed by atoms with Gasteiger partial charge in [0.2, 0.25) is 15.9 Å². The first-order valence-corrected chi connectivity index (χ1v) is 11.6. The summed E-state index contributed by atoms with van der Waals surface area (Å²) in [5.41, 5.74) is 1.52. The minimum Gasteiger partial charge on any atom is -0.495 e. The Morgan fingerprint density at radius 3 is 2.52 bits per heavy atom. The lowest BCUT2D eigenvalue weighted by molar-refractivity contribution is -0.121. The zero-order valence-corrected chi connectivity index (χ0v) is 18.5. The number of hydrogen-bond donors (Lipinski definition) is 1. The smallest absolute Gasteiger partial charge is 0.232 e. The molecular weight excluding hydrogens is 412 g/mol. The van der Waals surface area contributed by atoms with Crippen molar-refractivity contribution < 1.29 is 17.9 Å². The number of methoxy groups -OCH3 is 1. The maximum atomic E-state index is 12.3. The number of nitrogens with zero attached hydrogens (tertiary/aromatic N) is 1. The van der Waals surface area contributed by atoms with Crippen molar-refractivity contribution in [2.24, 2.45) is 0 Å². The Kier molecular flexibility index (Phi) is 8.34. The molecule has 0 aliphatic heterocycles. The lowest BCUT2D eigenvalue weighted by Crippen LogP contribution is -2.33. The van der Waals surface area contributed by atoms with Crippen LogP contribution >= 0.6 is 11.6 Å². The van der Waals surface area contributed by atoms with Crippen LogP contribution in [-0.2, 0) is 14.8 Å². The van der Waals surface area contributed by atoms with Crippen molar-refractivity contribution in [2.45, 2.75) is 25.7 Å². The monoisotopic (exact) mass is 438 g/mol. The molecule has 0 unspecified atom stereocenters. The summed E-state index contributed by atoms with van der Waals surface area (Å²) in [6.45, 7) is 2.73. The number of amides is 1. The first-order chi connectivity index (χ1) is 13.7. The van der Waals surface area contributed by atoms with Gasteiger partial charge in [0.25, 0.3) is 0 Å². The molecule has 0 heterocycles. The average molecular weight is 439 g/mol. The molecule has 0 aromatic heterocycles. The van der Waals surface area contributed by atoms with Crippen molar-refractivity contribution in [3.05, 3.63) is 59.1 Å². The highest BCUT2D eigenvalue weighted by molar-refractivity contribution is 7.92. The van der Waals surface area contributed by atoms with E-state index in [0.717, 1.165) is 11.8 Å². The van der Waals surface area contributed by atoms with Crippen LogP contribution in [-0.4, -0.2) is 40.8 Å². The third-order valence-electron chi connectivity index (χ3n) is 4.55. The highest BCUT2D eigenvalue weighted by Gasteiger charge is 2.21. The molecular formula is C21H27ClN2O4S. The third kappa shape index (κ3) is 6.94. The first-order valence-electron chi connectivity index (χ1n) is 9.35. The van der Waals surface area contributed by atoms with Gasteiger partial charge in [0.1, 0.15) is 5.75 Å². The fourth-order valence-corrected chi connectivity index (χ4v) is 4.09. The van der Waals surface area contributed by atoms with Crippen molar-refractivity contribution in [1.82, 2.24) is 5.32 Å². The Morgan fingerprint density at radius 2 is 1.90 bits per heavy atom. The molecule has 0 saturated heterocycles. The lowest BCUT2D eigenvalue weighted by atomic mass is 10.0. The summed E-state index contributed by atoms with van der Waals surface area (Å²) in [5.74, 6) is 0.489. The van der Waals surface area contributed by atoms with Crippen LogP contribution in [0.4, 0.5) is 5.69 Å².